The van der Waals surface area contributed by atoms with E-state index < -0.39 is 10.0 Å². The number of nitriles is 1. The van der Waals surface area contributed by atoms with E-state index >= 15 is 0 Å². The molecule has 2 unspecified atom stereocenters. The van der Waals surface area contributed by atoms with Gasteiger partial charge in [0, 0.05) is 43.4 Å². The predicted octanol–water partition coefficient (Wildman–Crippen LogP) is 3.51. The average Bonchev–Trinajstić information content (AvgIpc) is 3.20. The Balaban J connectivity index is 1.85. The molecule has 1 N–H and O–H groups in total. The maximum Gasteiger partial charge on any atom is 0.244 e. The van der Waals surface area contributed by atoms with Crippen LogP contribution in [0.5, 0.6) is 0 Å². The molecule has 0 radical (unpaired) electrons. The number of nitrogens with one attached hydrogen (secondary N) is 1. The number of aryl methyl sites for hydroxylation is 1. The van der Waals surface area contributed by atoms with E-state index in [0.29, 0.717) is 18.1 Å². The molecule has 8 heteroatoms. The van der Waals surface area contributed by atoms with E-state index in [1.54, 1.807) is 25.1 Å². The highest BCUT2D eigenvalue weighted by Crippen LogP contribution is 2.29. The van der Waals surface area contributed by atoms with Crippen molar-refractivity contribution >= 4 is 15.7 Å². The number of hydrogen-bond donors (Lipinski definition) is 1. The zero-order valence-electron chi connectivity index (χ0n) is 17.0. The largest absolute Gasteiger partial charge is 0.472 e. The normalized spacial score (nSPS) is 18.4. The van der Waals surface area contributed by atoms with Gasteiger partial charge in [-0.25, -0.2) is 8.42 Å². The fourth-order valence-corrected chi connectivity index (χ4v) is 5.18. The lowest BCUT2D eigenvalue weighted by Crippen LogP contribution is -2.32. The van der Waals surface area contributed by atoms with Crippen LogP contribution in [0, 0.1) is 24.2 Å². The Morgan fingerprint density at radius 2 is 2.21 bits per heavy atom. The second-order valence-corrected chi connectivity index (χ2v) is 9.57. The van der Waals surface area contributed by atoms with Gasteiger partial charge in [0.05, 0.1) is 24.7 Å². The fraction of sp³-hybridized carbons (Fsp3) is 0.476. The minimum absolute atomic E-state index is 0.0465. The molecule has 2 aromatic rings. The summed E-state index contributed by atoms with van der Waals surface area (Å²) in [6, 6.07) is 7.34. The number of rotatable bonds is 7. The van der Waals surface area contributed by atoms with Gasteiger partial charge in [0.1, 0.15) is 11.0 Å². The van der Waals surface area contributed by atoms with E-state index in [2.05, 4.69) is 18.3 Å². The summed E-state index contributed by atoms with van der Waals surface area (Å²) >= 11 is 0. The van der Waals surface area contributed by atoms with Gasteiger partial charge >= 0.3 is 0 Å². The molecule has 2 atom stereocenters. The van der Waals surface area contributed by atoms with Gasteiger partial charge in [-0.3, -0.25) is 0 Å². The summed E-state index contributed by atoms with van der Waals surface area (Å²) in [6.45, 7) is 5.49. The van der Waals surface area contributed by atoms with E-state index in [1.807, 2.05) is 0 Å². The van der Waals surface area contributed by atoms with E-state index in [9.17, 15) is 13.7 Å². The molecule has 3 rings (SSSR count). The molecule has 0 saturated carbocycles. The van der Waals surface area contributed by atoms with Gasteiger partial charge in [0.2, 0.25) is 10.0 Å². The van der Waals surface area contributed by atoms with Crippen molar-refractivity contribution in [3.63, 3.8) is 0 Å². The summed E-state index contributed by atoms with van der Waals surface area (Å²) in [6.07, 6.45) is 5.14. The Kier molecular flexibility index (Phi) is 6.63. The van der Waals surface area contributed by atoms with E-state index in [1.165, 1.54) is 23.9 Å². The van der Waals surface area contributed by atoms with Crippen LogP contribution in [0.15, 0.2) is 40.0 Å². The third-order valence-electron chi connectivity index (χ3n) is 5.35. The Hall–Kier alpha value is -2.34. The van der Waals surface area contributed by atoms with Crippen LogP contribution < -0.4 is 5.32 Å². The highest BCUT2D eigenvalue weighted by molar-refractivity contribution is 7.89. The molecule has 0 aliphatic carbocycles. The zero-order chi connectivity index (χ0) is 21.0. The number of sulfonamides is 1. The van der Waals surface area contributed by atoms with Gasteiger partial charge in [-0.15, -0.1) is 0 Å². The second-order valence-electron chi connectivity index (χ2n) is 7.58. The van der Waals surface area contributed by atoms with Crippen molar-refractivity contribution in [3.8, 4) is 6.07 Å². The lowest BCUT2D eigenvalue weighted by atomic mass is 9.94. The third kappa shape index (κ3) is 4.81. The number of ether oxygens (including phenoxy) is 1. The standard InChI is InChI=1S/C21H27N3O4S/c1-15-9-20(23-16(2)18-5-4-7-27-14-18)10-19(11-22)21(15)29(25,26)24(3)12-17-6-8-28-13-17/h6,8-10,13,16,18,23H,4-5,7,12,14H2,1-3H3. The number of benzene rings is 1. The topological polar surface area (TPSA) is 95.6 Å². The van der Waals surface area contributed by atoms with Gasteiger partial charge in [-0.05, 0) is 50.5 Å². The molecule has 1 aliphatic rings. The quantitative estimate of drug-likeness (QED) is 0.741. The maximum atomic E-state index is 13.1. The van der Waals surface area contributed by atoms with Crippen molar-refractivity contribution in [1.29, 1.82) is 5.26 Å². The van der Waals surface area contributed by atoms with Crippen molar-refractivity contribution in [2.45, 2.75) is 44.2 Å². The Morgan fingerprint density at radius 1 is 1.41 bits per heavy atom. The average molecular weight is 418 g/mol. The first-order chi connectivity index (χ1) is 13.8. The Labute approximate surface area is 172 Å². The minimum atomic E-state index is -3.83. The van der Waals surface area contributed by atoms with Gasteiger partial charge in [0.25, 0.3) is 0 Å². The summed E-state index contributed by atoms with van der Waals surface area (Å²) in [5.74, 6) is 0.388. The van der Waals surface area contributed by atoms with Gasteiger partial charge in [-0.2, -0.15) is 9.57 Å². The summed E-state index contributed by atoms with van der Waals surface area (Å²) in [4.78, 5) is 0.0465. The fourth-order valence-electron chi connectivity index (χ4n) is 3.70. The Morgan fingerprint density at radius 3 is 2.83 bits per heavy atom. The SMILES string of the molecule is Cc1cc(NC(C)C2CCCOC2)cc(C#N)c1S(=O)(=O)N(C)Cc1ccoc1. The summed E-state index contributed by atoms with van der Waals surface area (Å²) in [5, 5.41) is 13.1. The second kappa shape index (κ2) is 8.99. The molecule has 29 heavy (non-hydrogen) atoms. The van der Waals surface area contributed by atoms with Crippen molar-refractivity contribution in [2.75, 3.05) is 25.6 Å². The van der Waals surface area contributed by atoms with Crippen molar-refractivity contribution in [3.05, 3.63) is 47.4 Å². The Bertz CT molecular complexity index is 974. The molecule has 1 fully saturated rings. The molecule has 1 aliphatic heterocycles. The summed E-state index contributed by atoms with van der Waals surface area (Å²) in [5.41, 5.74) is 2.17. The zero-order valence-corrected chi connectivity index (χ0v) is 17.8. The first kappa shape index (κ1) is 21.4. The summed E-state index contributed by atoms with van der Waals surface area (Å²) < 4.78 is 38.1. The van der Waals surface area contributed by atoms with Crippen molar-refractivity contribution in [2.24, 2.45) is 5.92 Å². The lowest BCUT2D eigenvalue weighted by Gasteiger charge is -2.29. The number of nitrogens with zero attached hydrogens (tertiary/aromatic N) is 2. The molecule has 0 spiro atoms. The third-order valence-corrected chi connectivity index (χ3v) is 7.35. The van der Waals surface area contributed by atoms with E-state index in [4.69, 9.17) is 9.15 Å². The molecule has 1 aromatic heterocycles. The highest BCUT2D eigenvalue weighted by Gasteiger charge is 2.28. The monoisotopic (exact) mass is 417 g/mol. The molecule has 1 saturated heterocycles. The molecule has 156 valence electrons. The number of hydrogen-bond acceptors (Lipinski definition) is 6. The first-order valence-corrected chi connectivity index (χ1v) is 11.1. The smallest absolute Gasteiger partial charge is 0.244 e. The molecule has 0 bridgehead atoms. The lowest BCUT2D eigenvalue weighted by molar-refractivity contribution is 0.0496. The first-order valence-electron chi connectivity index (χ1n) is 9.69. The molecular formula is C21H27N3O4S. The van der Waals surface area contributed by atoms with Crippen molar-refractivity contribution in [1.82, 2.24) is 4.31 Å². The molecule has 1 aromatic carbocycles. The predicted molar refractivity (Wildman–Crippen MR) is 110 cm³/mol. The van der Waals surface area contributed by atoms with Crippen LogP contribution in [0.1, 0.15) is 36.5 Å². The molecule has 7 nitrogen and oxygen atoms in total. The van der Waals surface area contributed by atoms with Crippen LogP contribution in [-0.2, 0) is 21.3 Å². The van der Waals surface area contributed by atoms with E-state index in [-0.39, 0.29) is 23.0 Å². The number of furan rings is 1. The molecule has 0 amide bonds. The van der Waals surface area contributed by atoms with Crippen LogP contribution in [-0.4, -0.2) is 39.0 Å². The van der Waals surface area contributed by atoms with Crippen LogP contribution in [0.4, 0.5) is 5.69 Å². The van der Waals surface area contributed by atoms with Crippen LogP contribution >= 0.6 is 0 Å². The minimum Gasteiger partial charge on any atom is -0.472 e. The van der Waals surface area contributed by atoms with Crippen LogP contribution in [0.3, 0.4) is 0 Å². The molecular weight excluding hydrogens is 390 g/mol. The maximum absolute atomic E-state index is 13.1. The molecule has 2 heterocycles. The number of anilines is 1. The van der Waals surface area contributed by atoms with E-state index in [0.717, 1.165) is 30.7 Å². The highest BCUT2D eigenvalue weighted by atomic mass is 32.2. The van der Waals surface area contributed by atoms with Gasteiger partial charge in [-0.1, -0.05) is 0 Å². The van der Waals surface area contributed by atoms with Gasteiger partial charge in [0.15, 0.2) is 0 Å². The summed E-state index contributed by atoms with van der Waals surface area (Å²) in [7, 11) is -2.33. The van der Waals surface area contributed by atoms with Crippen LogP contribution in [0.2, 0.25) is 0 Å². The van der Waals surface area contributed by atoms with Crippen molar-refractivity contribution < 1.29 is 17.6 Å². The van der Waals surface area contributed by atoms with Crippen LogP contribution in [0.25, 0.3) is 0 Å². The van der Waals surface area contributed by atoms with Gasteiger partial charge < -0.3 is 14.5 Å².